The van der Waals surface area contributed by atoms with Gasteiger partial charge in [0.2, 0.25) is 5.91 Å². The van der Waals surface area contributed by atoms with Crippen molar-refractivity contribution in [3.05, 3.63) is 29.8 Å². The second-order valence-corrected chi connectivity index (χ2v) is 6.05. The van der Waals surface area contributed by atoms with Gasteiger partial charge in [-0.05, 0) is 43.4 Å². The Balaban J connectivity index is 1.68. The molecule has 1 amide bonds. The van der Waals surface area contributed by atoms with E-state index in [9.17, 15) is 4.79 Å². The first-order valence-electron chi connectivity index (χ1n) is 7.75. The number of benzene rings is 1. The summed E-state index contributed by atoms with van der Waals surface area (Å²) in [6.07, 6.45) is 4.67. The molecule has 0 saturated carbocycles. The Hall–Kier alpha value is -1.55. The molecule has 2 saturated heterocycles. The summed E-state index contributed by atoms with van der Waals surface area (Å²) < 4.78 is 11.2. The molecule has 2 aliphatic rings. The average Bonchev–Trinajstić information content (AvgIpc) is 2.92. The summed E-state index contributed by atoms with van der Waals surface area (Å²) in [7, 11) is 1.66. The molecule has 2 heterocycles. The fourth-order valence-corrected chi connectivity index (χ4v) is 3.39. The lowest BCUT2D eigenvalue weighted by Crippen LogP contribution is -2.32. The summed E-state index contributed by atoms with van der Waals surface area (Å²) in [5, 5.41) is 0. The first-order valence-corrected chi connectivity index (χ1v) is 7.75. The van der Waals surface area contributed by atoms with Gasteiger partial charge in [0.15, 0.2) is 0 Å². The Morgan fingerprint density at radius 3 is 3.00 bits per heavy atom. The molecule has 21 heavy (non-hydrogen) atoms. The van der Waals surface area contributed by atoms with E-state index in [-0.39, 0.29) is 11.5 Å². The van der Waals surface area contributed by atoms with Gasteiger partial charge in [0, 0.05) is 26.1 Å². The van der Waals surface area contributed by atoms with Crippen LogP contribution in [0, 0.1) is 0 Å². The lowest BCUT2D eigenvalue weighted by atomic mass is 9.92. The number of rotatable bonds is 3. The maximum Gasteiger partial charge on any atom is 0.222 e. The number of carbonyl (C=O) groups is 1. The number of ether oxygens (including phenoxy) is 2. The predicted octanol–water partition coefficient (Wildman–Crippen LogP) is 2.76. The molecule has 0 aliphatic carbocycles. The van der Waals surface area contributed by atoms with E-state index in [4.69, 9.17) is 9.47 Å². The molecule has 1 unspecified atom stereocenters. The fourth-order valence-electron chi connectivity index (χ4n) is 3.39. The second-order valence-electron chi connectivity index (χ2n) is 6.05. The maximum atomic E-state index is 12.4. The number of hydrogen-bond donors (Lipinski definition) is 0. The first kappa shape index (κ1) is 14.4. The smallest absolute Gasteiger partial charge is 0.222 e. The minimum atomic E-state index is -0.0290. The third-order valence-electron chi connectivity index (χ3n) is 4.68. The maximum absolute atomic E-state index is 12.4. The van der Waals surface area contributed by atoms with Gasteiger partial charge < -0.3 is 14.4 Å². The van der Waals surface area contributed by atoms with E-state index in [1.165, 1.54) is 0 Å². The van der Waals surface area contributed by atoms with Crippen LogP contribution in [0.15, 0.2) is 24.3 Å². The molecule has 2 aliphatic heterocycles. The van der Waals surface area contributed by atoms with E-state index in [0.29, 0.717) is 13.0 Å². The molecule has 1 aromatic carbocycles. The Kier molecular flexibility index (Phi) is 4.15. The summed E-state index contributed by atoms with van der Waals surface area (Å²) in [4.78, 5) is 14.3. The van der Waals surface area contributed by atoms with E-state index < -0.39 is 0 Å². The van der Waals surface area contributed by atoms with Gasteiger partial charge >= 0.3 is 0 Å². The SMILES string of the molecule is COc1cccc(CN2CCC3(CCCO3)CCC2=O)c1. The highest BCUT2D eigenvalue weighted by atomic mass is 16.5. The first-order chi connectivity index (χ1) is 10.2. The highest BCUT2D eigenvalue weighted by Gasteiger charge is 2.38. The van der Waals surface area contributed by atoms with Crippen LogP contribution >= 0.6 is 0 Å². The van der Waals surface area contributed by atoms with Gasteiger partial charge in [-0.3, -0.25) is 4.79 Å². The van der Waals surface area contributed by atoms with Gasteiger partial charge in [0.05, 0.1) is 12.7 Å². The summed E-state index contributed by atoms with van der Waals surface area (Å²) in [5.74, 6) is 1.08. The molecule has 0 N–H and O–H groups in total. The minimum absolute atomic E-state index is 0.0290. The van der Waals surface area contributed by atoms with Crippen molar-refractivity contribution in [1.82, 2.24) is 4.90 Å². The van der Waals surface area contributed by atoms with Crippen LogP contribution in [0.25, 0.3) is 0 Å². The molecule has 1 atom stereocenters. The number of methoxy groups -OCH3 is 1. The molecule has 0 bridgehead atoms. The van der Waals surface area contributed by atoms with Crippen LogP contribution in [0.1, 0.15) is 37.7 Å². The van der Waals surface area contributed by atoms with Crippen molar-refractivity contribution in [2.24, 2.45) is 0 Å². The van der Waals surface area contributed by atoms with E-state index in [2.05, 4.69) is 0 Å². The van der Waals surface area contributed by atoms with Gasteiger partial charge in [-0.2, -0.15) is 0 Å². The summed E-state index contributed by atoms with van der Waals surface area (Å²) >= 11 is 0. The third-order valence-corrected chi connectivity index (χ3v) is 4.68. The van der Waals surface area contributed by atoms with Crippen LogP contribution < -0.4 is 4.74 Å². The molecule has 4 heteroatoms. The lowest BCUT2D eigenvalue weighted by molar-refractivity contribution is -0.131. The quantitative estimate of drug-likeness (QED) is 0.859. The Bertz CT molecular complexity index is 509. The van der Waals surface area contributed by atoms with Crippen molar-refractivity contribution in [2.45, 2.75) is 44.2 Å². The Morgan fingerprint density at radius 2 is 2.24 bits per heavy atom. The number of carbonyl (C=O) groups excluding carboxylic acids is 1. The largest absolute Gasteiger partial charge is 0.497 e. The van der Waals surface area contributed by atoms with Crippen LogP contribution in [-0.4, -0.2) is 36.7 Å². The highest BCUT2D eigenvalue weighted by Crippen LogP contribution is 2.36. The fraction of sp³-hybridized carbons (Fsp3) is 0.588. The Morgan fingerprint density at radius 1 is 1.33 bits per heavy atom. The van der Waals surface area contributed by atoms with E-state index >= 15 is 0 Å². The Labute approximate surface area is 126 Å². The van der Waals surface area contributed by atoms with E-state index in [0.717, 1.165) is 50.1 Å². The van der Waals surface area contributed by atoms with E-state index in [1.807, 2.05) is 29.2 Å². The zero-order valence-corrected chi connectivity index (χ0v) is 12.6. The minimum Gasteiger partial charge on any atom is -0.497 e. The average molecular weight is 289 g/mol. The third kappa shape index (κ3) is 3.21. The van der Waals surface area contributed by atoms with Gasteiger partial charge in [-0.1, -0.05) is 12.1 Å². The van der Waals surface area contributed by atoms with Gasteiger partial charge in [-0.15, -0.1) is 0 Å². The number of nitrogens with zero attached hydrogens (tertiary/aromatic N) is 1. The molecular weight excluding hydrogens is 266 g/mol. The molecule has 4 nitrogen and oxygen atoms in total. The number of likely N-dealkylation sites (tertiary alicyclic amines) is 1. The van der Waals surface area contributed by atoms with Crippen LogP contribution in [0.4, 0.5) is 0 Å². The summed E-state index contributed by atoms with van der Waals surface area (Å²) in [5.41, 5.74) is 1.09. The van der Waals surface area contributed by atoms with Crippen LogP contribution in [0.2, 0.25) is 0 Å². The van der Waals surface area contributed by atoms with Crippen molar-refractivity contribution in [1.29, 1.82) is 0 Å². The molecule has 1 aromatic rings. The predicted molar refractivity (Wildman–Crippen MR) is 80.2 cm³/mol. The monoisotopic (exact) mass is 289 g/mol. The molecule has 2 fully saturated rings. The number of hydrogen-bond acceptors (Lipinski definition) is 3. The van der Waals surface area contributed by atoms with Gasteiger partial charge in [0.25, 0.3) is 0 Å². The topological polar surface area (TPSA) is 38.8 Å². The van der Waals surface area contributed by atoms with Crippen molar-refractivity contribution in [3.63, 3.8) is 0 Å². The van der Waals surface area contributed by atoms with Crippen LogP contribution in [-0.2, 0) is 16.1 Å². The van der Waals surface area contributed by atoms with Crippen LogP contribution in [0.3, 0.4) is 0 Å². The molecule has 0 aromatic heterocycles. The van der Waals surface area contributed by atoms with Gasteiger partial charge in [0.1, 0.15) is 5.75 Å². The van der Waals surface area contributed by atoms with Crippen molar-refractivity contribution < 1.29 is 14.3 Å². The summed E-state index contributed by atoms with van der Waals surface area (Å²) in [6.45, 7) is 2.30. The normalized spacial score (nSPS) is 26.1. The molecule has 3 rings (SSSR count). The molecular formula is C17H23NO3. The second kappa shape index (κ2) is 6.06. The van der Waals surface area contributed by atoms with Gasteiger partial charge in [-0.25, -0.2) is 0 Å². The zero-order valence-electron chi connectivity index (χ0n) is 12.6. The standard InChI is InChI=1S/C17H23NO3/c1-20-15-5-2-4-14(12-15)13-18-10-9-17(7-3-11-21-17)8-6-16(18)19/h2,4-5,12H,3,6-11,13H2,1H3. The van der Waals surface area contributed by atoms with Crippen molar-refractivity contribution in [2.75, 3.05) is 20.3 Å². The lowest BCUT2D eigenvalue weighted by Gasteiger charge is -2.26. The highest BCUT2D eigenvalue weighted by molar-refractivity contribution is 5.76. The zero-order chi connectivity index (χ0) is 14.7. The molecule has 114 valence electrons. The van der Waals surface area contributed by atoms with Crippen LogP contribution in [0.5, 0.6) is 5.75 Å². The molecule has 0 radical (unpaired) electrons. The van der Waals surface area contributed by atoms with Crippen molar-refractivity contribution >= 4 is 5.91 Å². The van der Waals surface area contributed by atoms with E-state index in [1.54, 1.807) is 7.11 Å². The summed E-state index contributed by atoms with van der Waals surface area (Å²) in [6, 6.07) is 7.94. The van der Waals surface area contributed by atoms with Crippen molar-refractivity contribution in [3.8, 4) is 5.75 Å². The number of amides is 1. The molecule has 1 spiro atoms.